The van der Waals surface area contributed by atoms with Crippen LogP contribution in [0.5, 0.6) is 0 Å². The number of aromatic nitrogens is 1. The van der Waals surface area contributed by atoms with Crippen molar-refractivity contribution in [3.05, 3.63) is 21.9 Å². The minimum Gasteiger partial charge on any atom is -0.237 e. The third kappa shape index (κ3) is 1.71. The molecule has 0 bridgehead atoms. The highest BCUT2D eigenvalue weighted by Crippen LogP contribution is 2.20. The molecular formula is C5H2BrClNOS+. The molecule has 2 nitrogen and oxygen atoms in total. The normalized spacial score (nSPS) is 9.40. The summed E-state index contributed by atoms with van der Waals surface area (Å²) in [5.74, 6) is 0. The van der Waals surface area contributed by atoms with Crippen LogP contribution < -0.4 is 0 Å². The van der Waals surface area contributed by atoms with E-state index in [2.05, 4.69) is 20.9 Å². The van der Waals surface area contributed by atoms with Crippen molar-refractivity contribution in [2.45, 2.75) is 4.90 Å². The van der Waals surface area contributed by atoms with E-state index in [1.165, 1.54) is 6.20 Å². The Hall–Kier alpha value is -0.0600. The average Bonchev–Trinajstić information content (AvgIpc) is 1.95. The minimum absolute atomic E-state index is 0.373. The van der Waals surface area contributed by atoms with Gasteiger partial charge in [0.05, 0.1) is 10.7 Å². The summed E-state index contributed by atoms with van der Waals surface area (Å²) in [6.07, 6.45) is 1.44. The first-order valence-electron chi connectivity index (χ1n) is 2.35. The maximum atomic E-state index is 10.2. The van der Waals surface area contributed by atoms with Gasteiger partial charge in [0.25, 0.3) is 0 Å². The summed E-state index contributed by atoms with van der Waals surface area (Å²) in [5, 5.41) is 0.373. The van der Waals surface area contributed by atoms with E-state index < -0.39 is 0 Å². The zero-order chi connectivity index (χ0) is 7.56. The molecule has 0 radical (unpaired) electrons. The van der Waals surface area contributed by atoms with Gasteiger partial charge in [0.2, 0.25) is 0 Å². The number of hydrogen-bond donors (Lipinski definition) is 0. The van der Waals surface area contributed by atoms with Crippen molar-refractivity contribution in [1.82, 2.24) is 4.98 Å². The highest BCUT2D eigenvalue weighted by Gasteiger charge is 2.08. The summed E-state index contributed by atoms with van der Waals surface area (Å²) < 4.78 is 10.9. The Morgan fingerprint density at radius 2 is 2.40 bits per heavy atom. The lowest BCUT2D eigenvalue weighted by Crippen LogP contribution is -1.79. The third-order valence-electron chi connectivity index (χ3n) is 0.867. The smallest absolute Gasteiger partial charge is 0.237 e. The van der Waals surface area contributed by atoms with Crippen LogP contribution in [0.2, 0.25) is 5.15 Å². The second kappa shape index (κ2) is 3.37. The molecule has 0 aliphatic heterocycles. The summed E-state index contributed by atoms with van der Waals surface area (Å²) in [4.78, 5) is 4.30. The van der Waals surface area contributed by atoms with Crippen LogP contribution in [0.15, 0.2) is 21.6 Å². The van der Waals surface area contributed by atoms with Crippen molar-refractivity contribution < 1.29 is 4.21 Å². The molecule has 1 heterocycles. The van der Waals surface area contributed by atoms with E-state index in [1.54, 1.807) is 6.07 Å². The molecule has 0 fully saturated rings. The molecule has 1 rings (SSSR count). The molecule has 1 aromatic heterocycles. The molecule has 0 aliphatic carbocycles. The van der Waals surface area contributed by atoms with Gasteiger partial charge in [-0.25, -0.2) is 4.98 Å². The van der Waals surface area contributed by atoms with E-state index in [9.17, 15) is 4.21 Å². The Morgan fingerprint density at radius 1 is 1.70 bits per heavy atom. The second-order valence-electron chi connectivity index (χ2n) is 1.53. The predicted octanol–water partition coefficient (Wildman–Crippen LogP) is 2.28. The second-order valence-corrected chi connectivity index (χ2v) is 3.38. The first-order valence-corrected chi connectivity index (χ1v) is 4.26. The molecule has 0 saturated heterocycles. The minimum atomic E-state index is 0.373. The molecule has 0 aliphatic rings. The van der Waals surface area contributed by atoms with Gasteiger partial charge in [-0.05, 0) is 15.9 Å². The van der Waals surface area contributed by atoms with Crippen molar-refractivity contribution >= 4 is 39.2 Å². The SMILES string of the molecule is O=[S+]c1cnc(Cl)c(Br)c1. The summed E-state index contributed by atoms with van der Waals surface area (Å²) in [6.45, 7) is 0. The molecule has 0 spiro atoms. The van der Waals surface area contributed by atoms with Crippen molar-refractivity contribution in [3.8, 4) is 0 Å². The van der Waals surface area contributed by atoms with Crippen LogP contribution in [-0.4, -0.2) is 4.98 Å². The van der Waals surface area contributed by atoms with Crippen LogP contribution in [-0.2, 0) is 15.9 Å². The average molecular weight is 240 g/mol. The van der Waals surface area contributed by atoms with Gasteiger partial charge >= 0.3 is 16.6 Å². The number of nitrogens with zero attached hydrogens (tertiary/aromatic N) is 1. The van der Waals surface area contributed by atoms with Crippen LogP contribution in [0.4, 0.5) is 0 Å². The lowest BCUT2D eigenvalue weighted by atomic mass is 10.5. The maximum Gasteiger partial charge on any atom is 0.506 e. The fraction of sp³-hybridized carbons (Fsp3) is 0. The predicted molar refractivity (Wildman–Crippen MR) is 43.3 cm³/mol. The van der Waals surface area contributed by atoms with E-state index in [1.807, 2.05) is 0 Å². The molecule has 1 aromatic rings. The zero-order valence-corrected chi connectivity index (χ0v) is 7.83. The Kier molecular flexibility index (Phi) is 2.71. The van der Waals surface area contributed by atoms with Crippen molar-refractivity contribution in [1.29, 1.82) is 0 Å². The third-order valence-corrected chi connectivity index (χ3v) is 2.42. The summed E-state index contributed by atoms with van der Waals surface area (Å²) in [5.41, 5.74) is 0. The lowest BCUT2D eigenvalue weighted by Gasteiger charge is -1.87. The molecular weight excluding hydrogens is 237 g/mol. The van der Waals surface area contributed by atoms with Gasteiger partial charge in [-0.2, -0.15) is 0 Å². The Labute approximate surface area is 75.2 Å². The van der Waals surface area contributed by atoms with Crippen LogP contribution in [0.3, 0.4) is 0 Å². The molecule has 0 saturated carbocycles. The van der Waals surface area contributed by atoms with Crippen molar-refractivity contribution in [2.24, 2.45) is 0 Å². The molecule has 5 heteroatoms. The van der Waals surface area contributed by atoms with Crippen LogP contribution in [0.25, 0.3) is 0 Å². The largest absolute Gasteiger partial charge is 0.506 e. The Bertz CT molecular complexity index is 268. The highest BCUT2D eigenvalue weighted by molar-refractivity contribution is 9.10. The quantitative estimate of drug-likeness (QED) is 0.556. The lowest BCUT2D eigenvalue weighted by molar-refractivity contribution is 0.604. The Morgan fingerprint density at radius 3 is 2.90 bits per heavy atom. The topological polar surface area (TPSA) is 30.0 Å². The van der Waals surface area contributed by atoms with Crippen LogP contribution in [0, 0.1) is 0 Å². The first-order chi connectivity index (χ1) is 4.74. The molecule has 0 unspecified atom stereocenters. The first kappa shape index (κ1) is 8.04. The van der Waals surface area contributed by atoms with Crippen LogP contribution >= 0.6 is 27.5 Å². The van der Waals surface area contributed by atoms with Gasteiger partial charge < -0.3 is 0 Å². The number of pyridine rings is 1. The van der Waals surface area contributed by atoms with E-state index in [-0.39, 0.29) is 0 Å². The fourth-order valence-electron chi connectivity index (χ4n) is 0.449. The van der Waals surface area contributed by atoms with Gasteiger partial charge in [-0.15, -0.1) is 0 Å². The molecule has 0 atom stereocenters. The Balaban J connectivity index is 3.16. The van der Waals surface area contributed by atoms with Crippen LogP contribution in [0.1, 0.15) is 0 Å². The highest BCUT2D eigenvalue weighted by atomic mass is 79.9. The standard InChI is InChI=1S/C5H2BrClNOS/c6-4-1-3(10-9)2-8-5(4)7/h1-2H/q+1. The molecule has 10 heavy (non-hydrogen) atoms. The van der Waals surface area contributed by atoms with Gasteiger partial charge in [0, 0.05) is 10.3 Å². The molecule has 0 aromatic carbocycles. The molecule has 52 valence electrons. The number of hydrogen-bond acceptors (Lipinski definition) is 2. The molecule has 0 N–H and O–H groups in total. The van der Waals surface area contributed by atoms with Gasteiger partial charge in [0.15, 0.2) is 0 Å². The van der Waals surface area contributed by atoms with Gasteiger partial charge in [-0.1, -0.05) is 11.6 Å². The van der Waals surface area contributed by atoms with E-state index >= 15 is 0 Å². The van der Waals surface area contributed by atoms with Gasteiger partial charge in [0.1, 0.15) is 5.15 Å². The molecule has 0 amide bonds. The number of rotatable bonds is 1. The monoisotopic (exact) mass is 238 g/mol. The van der Waals surface area contributed by atoms with E-state index in [0.29, 0.717) is 26.2 Å². The van der Waals surface area contributed by atoms with Crippen molar-refractivity contribution in [2.75, 3.05) is 0 Å². The summed E-state index contributed by atoms with van der Waals surface area (Å²) in [7, 11) is 0. The van der Waals surface area contributed by atoms with Gasteiger partial charge in [-0.3, -0.25) is 0 Å². The number of halogens is 2. The van der Waals surface area contributed by atoms with E-state index in [0.717, 1.165) is 0 Å². The zero-order valence-electron chi connectivity index (χ0n) is 4.67. The summed E-state index contributed by atoms with van der Waals surface area (Å²) in [6, 6.07) is 1.63. The summed E-state index contributed by atoms with van der Waals surface area (Å²) >= 11 is 9.10. The fourth-order valence-corrected chi connectivity index (χ4v) is 1.31. The maximum absolute atomic E-state index is 10.2. The van der Waals surface area contributed by atoms with E-state index in [4.69, 9.17) is 11.6 Å². The van der Waals surface area contributed by atoms with Crippen molar-refractivity contribution in [3.63, 3.8) is 0 Å².